The summed E-state index contributed by atoms with van der Waals surface area (Å²) >= 11 is 5.20. The van der Waals surface area contributed by atoms with E-state index in [0.717, 1.165) is 19.5 Å². The Bertz CT molecular complexity index is 282. The van der Waals surface area contributed by atoms with Gasteiger partial charge in [-0.3, -0.25) is 5.32 Å². The van der Waals surface area contributed by atoms with E-state index in [1.54, 1.807) is 0 Å². The molecule has 4 nitrogen and oxygen atoms in total. The second-order valence-corrected chi connectivity index (χ2v) is 5.50. The first-order chi connectivity index (χ1) is 7.99. The average molecular weight is 258 g/mol. The van der Waals surface area contributed by atoms with Gasteiger partial charge in [0, 0.05) is 13.1 Å². The van der Waals surface area contributed by atoms with Crippen LogP contribution in [0.25, 0.3) is 0 Å². The molecule has 0 aromatic carbocycles. The molecule has 1 rings (SSSR count). The summed E-state index contributed by atoms with van der Waals surface area (Å²) in [7, 11) is 0. The monoisotopic (exact) mass is 258 g/mol. The first kappa shape index (κ1) is 14.2. The Kier molecular flexibility index (Phi) is 5.68. The van der Waals surface area contributed by atoms with Gasteiger partial charge in [-0.25, -0.2) is 4.79 Å². The maximum atomic E-state index is 11.4. The van der Waals surface area contributed by atoms with E-state index >= 15 is 0 Å². The van der Waals surface area contributed by atoms with Crippen molar-refractivity contribution in [3.8, 4) is 0 Å². The number of hydrogen-bond acceptors (Lipinski definition) is 3. The minimum atomic E-state index is -0.443. The number of hydrogen-bond donors (Lipinski definition) is 1. The minimum absolute atomic E-state index is 0.337. The summed E-state index contributed by atoms with van der Waals surface area (Å²) in [4.78, 5) is 13.5. The van der Waals surface area contributed by atoms with Gasteiger partial charge in [-0.1, -0.05) is 20.8 Å². The number of carbonyl (C=O) groups excluding carboxylic acids is 1. The highest BCUT2D eigenvalue weighted by atomic mass is 32.1. The van der Waals surface area contributed by atoms with E-state index in [4.69, 9.17) is 17.0 Å². The lowest BCUT2D eigenvalue weighted by atomic mass is 10.0. The molecule has 0 aromatic rings. The van der Waals surface area contributed by atoms with Crippen molar-refractivity contribution < 1.29 is 9.53 Å². The van der Waals surface area contributed by atoms with Crippen molar-refractivity contribution in [2.45, 2.75) is 33.6 Å². The number of carbonyl (C=O) groups is 1. The van der Waals surface area contributed by atoms with E-state index in [1.807, 2.05) is 18.7 Å². The molecule has 0 spiro atoms. The standard InChI is InChI=1S/C12H22N2O2S/c1-9(2)8-16-12(15)13-11(17)14-6-4-5-10(3)7-14/h9-10H,4-8H2,1-3H3,(H,13,15,17). The summed E-state index contributed by atoms with van der Waals surface area (Å²) in [5.74, 6) is 0.972. The van der Waals surface area contributed by atoms with Gasteiger partial charge in [0.25, 0.3) is 0 Å². The van der Waals surface area contributed by atoms with Crippen molar-refractivity contribution in [2.75, 3.05) is 19.7 Å². The lowest BCUT2D eigenvalue weighted by Crippen LogP contribution is -2.47. The number of likely N-dealkylation sites (tertiary alicyclic amines) is 1. The van der Waals surface area contributed by atoms with Gasteiger partial charge in [0.1, 0.15) is 0 Å². The molecule has 0 saturated carbocycles. The summed E-state index contributed by atoms with van der Waals surface area (Å²) in [6.07, 6.45) is 1.92. The minimum Gasteiger partial charge on any atom is -0.449 e. The predicted octanol–water partition coefficient (Wildman–Crippen LogP) is 2.39. The fourth-order valence-electron chi connectivity index (χ4n) is 1.82. The van der Waals surface area contributed by atoms with Crippen molar-refractivity contribution in [1.82, 2.24) is 10.2 Å². The first-order valence-corrected chi connectivity index (χ1v) is 6.62. The van der Waals surface area contributed by atoms with E-state index in [9.17, 15) is 4.79 Å². The van der Waals surface area contributed by atoms with Crippen LogP contribution in [-0.2, 0) is 4.74 Å². The average Bonchev–Trinajstić information content (AvgIpc) is 2.26. The summed E-state index contributed by atoms with van der Waals surface area (Å²) in [5.41, 5.74) is 0. The fraction of sp³-hybridized carbons (Fsp3) is 0.833. The number of nitrogens with one attached hydrogen (secondary N) is 1. The van der Waals surface area contributed by atoms with Crippen molar-refractivity contribution in [2.24, 2.45) is 11.8 Å². The van der Waals surface area contributed by atoms with Gasteiger partial charge in [0.05, 0.1) is 6.61 Å². The Morgan fingerprint density at radius 2 is 2.29 bits per heavy atom. The van der Waals surface area contributed by atoms with Crippen LogP contribution in [0.1, 0.15) is 33.6 Å². The van der Waals surface area contributed by atoms with Crippen LogP contribution >= 0.6 is 12.2 Å². The normalized spacial score (nSPS) is 20.2. The lowest BCUT2D eigenvalue weighted by Gasteiger charge is -2.32. The molecule has 0 radical (unpaired) electrons. The molecular weight excluding hydrogens is 236 g/mol. The van der Waals surface area contributed by atoms with Crippen LogP contribution in [0.3, 0.4) is 0 Å². The first-order valence-electron chi connectivity index (χ1n) is 6.21. The Hall–Kier alpha value is -0.840. The van der Waals surface area contributed by atoms with E-state index in [1.165, 1.54) is 6.42 Å². The largest absolute Gasteiger partial charge is 0.449 e. The van der Waals surface area contributed by atoms with Gasteiger partial charge in [-0.15, -0.1) is 0 Å². The third kappa shape index (κ3) is 5.35. The van der Waals surface area contributed by atoms with Crippen LogP contribution < -0.4 is 5.32 Å². The Balaban J connectivity index is 2.30. The second-order valence-electron chi connectivity index (χ2n) is 5.12. The molecule has 1 amide bonds. The van der Waals surface area contributed by atoms with Gasteiger partial charge in [0.2, 0.25) is 0 Å². The summed E-state index contributed by atoms with van der Waals surface area (Å²) < 4.78 is 5.03. The third-order valence-electron chi connectivity index (χ3n) is 2.70. The van der Waals surface area contributed by atoms with E-state index in [2.05, 4.69) is 12.2 Å². The van der Waals surface area contributed by atoms with Crippen molar-refractivity contribution in [1.29, 1.82) is 0 Å². The number of nitrogens with zero attached hydrogens (tertiary/aromatic N) is 1. The maximum Gasteiger partial charge on any atom is 0.413 e. The molecule has 5 heteroatoms. The quantitative estimate of drug-likeness (QED) is 0.772. The molecule has 1 N–H and O–H groups in total. The van der Waals surface area contributed by atoms with Gasteiger partial charge >= 0.3 is 6.09 Å². The summed E-state index contributed by atoms with van der Waals surface area (Å²) in [5, 5.41) is 3.11. The van der Waals surface area contributed by atoms with E-state index in [-0.39, 0.29) is 0 Å². The van der Waals surface area contributed by atoms with Crippen LogP contribution in [0.4, 0.5) is 4.79 Å². The Morgan fingerprint density at radius 3 is 2.88 bits per heavy atom. The van der Waals surface area contributed by atoms with Gasteiger partial charge < -0.3 is 9.64 Å². The Morgan fingerprint density at radius 1 is 1.59 bits per heavy atom. The number of piperidine rings is 1. The topological polar surface area (TPSA) is 41.6 Å². The molecule has 1 atom stereocenters. The molecule has 1 unspecified atom stereocenters. The van der Waals surface area contributed by atoms with Crippen molar-refractivity contribution >= 4 is 23.4 Å². The van der Waals surface area contributed by atoms with Crippen molar-refractivity contribution in [3.63, 3.8) is 0 Å². The molecule has 0 aromatic heterocycles. The zero-order chi connectivity index (χ0) is 12.8. The summed E-state index contributed by atoms with van der Waals surface area (Å²) in [6, 6.07) is 0. The molecule has 1 heterocycles. The predicted molar refractivity (Wildman–Crippen MR) is 71.9 cm³/mol. The van der Waals surface area contributed by atoms with Crippen LogP contribution in [0.2, 0.25) is 0 Å². The van der Waals surface area contributed by atoms with Crippen LogP contribution in [-0.4, -0.2) is 35.8 Å². The molecule has 17 heavy (non-hydrogen) atoms. The van der Waals surface area contributed by atoms with Gasteiger partial charge in [-0.2, -0.15) is 0 Å². The SMILES string of the molecule is CC(C)COC(=O)NC(=S)N1CCCC(C)C1. The second kappa shape index (κ2) is 6.79. The molecule has 98 valence electrons. The number of alkyl carbamates (subject to hydrolysis) is 1. The smallest absolute Gasteiger partial charge is 0.413 e. The fourth-order valence-corrected chi connectivity index (χ4v) is 2.07. The highest BCUT2D eigenvalue weighted by molar-refractivity contribution is 7.80. The number of rotatable bonds is 2. The van der Waals surface area contributed by atoms with Crippen LogP contribution in [0, 0.1) is 11.8 Å². The number of ether oxygens (including phenoxy) is 1. The molecule has 1 fully saturated rings. The lowest BCUT2D eigenvalue weighted by molar-refractivity contribution is 0.136. The Labute approximate surface area is 109 Å². The van der Waals surface area contributed by atoms with E-state index in [0.29, 0.717) is 23.6 Å². The highest BCUT2D eigenvalue weighted by Crippen LogP contribution is 2.15. The molecule has 0 aliphatic carbocycles. The molecule has 1 aliphatic rings. The zero-order valence-electron chi connectivity index (χ0n) is 10.9. The molecule has 1 saturated heterocycles. The molecule has 0 bridgehead atoms. The van der Waals surface area contributed by atoms with Crippen LogP contribution in [0.15, 0.2) is 0 Å². The van der Waals surface area contributed by atoms with Gasteiger partial charge in [-0.05, 0) is 36.9 Å². The third-order valence-corrected chi connectivity index (χ3v) is 3.06. The van der Waals surface area contributed by atoms with Crippen molar-refractivity contribution in [3.05, 3.63) is 0 Å². The molecule has 1 aliphatic heterocycles. The molecular formula is C12H22N2O2S. The zero-order valence-corrected chi connectivity index (χ0v) is 11.7. The number of thiocarbonyl (C=S) groups is 1. The number of amides is 1. The van der Waals surface area contributed by atoms with Gasteiger partial charge in [0.15, 0.2) is 5.11 Å². The maximum absolute atomic E-state index is 11.4. The van der Waals surface area contributed by atoms with E-state index < -0.39 is 6.09 Å². The summed E-state index contributed by atoms with van der Waals surface area (Å²) in [6.45, 7) is 8.46. The van der Waals surface area contributed by atoms with Crippen LogP contribution in [0.5, 0.6) is 0 Å². The highest BCUT2D eigenvalue weighted by Gasteiger charge is 2.19.